The Morgan fingerprint density at radius 3 is 2.58 bits per heavy atom. The van der Waals surface area contributed by atoms with Crippen molar-refractivity contribution in [1.82, 2.24) is 9.78 Å². The summed E-state index contributed by atoms with van der Waals surface area (Å²) in [5.74, 6) is -1.33. The monoisotopic (exact) mass is 260 g/mol. The molecule has 0 unspecified atom stereocenters. The fraction of sp³-hybridized carbons (Fsp3) is 0.143. The zero-order valence-corrected chi connectivity index (χ0v) is 10.6. The highest BCUT2D eigenvalue weighted by Crippen LogP contribution is 2.27. The van der Waals surface area contributed by atoms with Crippen molar-refractivity contribution in [1.29, 1.82) is 0 Å². The van der Waals surface area contributed by atoms with Gasteiger partial charge in [-0.05, 0) is 37.3 Å². The molecular weight excluding hydrogens is 247 g/mol. The SMILES string of the molecule is Cc1nn(C)c(-c2ccc(F)cc2)c1/C=C/C(=O)O. The lowest BCUT2D eigenvalue weighted by Gasteiger charge is -2.04. The van der Waals surface area contributed by atoms with E-state index in [2.05, 4.69) is 5.10 Å². The van der Waals surface area contributed by atoms with Gasteiger partial charge in [0.2, 0.25) is 0 Å². The molecule has 2 aromatic rings. The van der Waals surface area contributed by atoms with Crippen LogP contribution >= 0.6 is 0 Å². The maximum atomic E-state index is 12.9. The molecule has 0 amide bonds. The van der Waals surface area contributed by atoms with E-state index < -0.39 is 5.97 Å². The normalized spacial score (nSPS) is 11.1. The van der Waals surface area contributed by atoms with Crippen LogP contribution in [0.25, 0.3) is 17.3 Å². The molecule has 1 aromatic carbocycles. The topological polar surface area (TPSA) is 55.1 Å². The van der Waals surface area contributed by atoms with Crippen molar-refractivity contribution in [3.63, 3.8) is 0 Å². The third-order valence-electron chi connectivity index (χ3n) is 2.78. The number of aliphatic carboxylic acids is 1. The average molecular weight is 260 g/mol. The van der Waals surface area contributed by atoms with E-state index in [4.69, 9.17) is 5.11 Å². The predicted molar refractivity (Wildman–Crippen MR) is 70.0 cm³/mol. The van der Waals surface area contributed by atoms with Gasteiger partial charge in [0.05, 0.1) is 11.4 Å². The predicted octanol–water partition coefficient (Wildman–Crippen LogP) is 2.63. The number of rotatable bonds is 3. The number of aryl methyl sites for hydroxylation is 2. The Morgan fingerprint density at radius 2 is 2.00 bits per heavy atom. The molecule has 0 spiro atoms. The largest absolute Gasteiger partial charge is 0.478 e. The van der Waals surface area contributed by atoms with Gasteiger partial charge in [0.25, 0.3) is 0 Å². The molecule has 98 valence electrons. The summed E-state index contributed by atoms with van der Waals surface area (Å²) in [6.45, 7) is 1.80. The zero-order chi connectivity index (χ0) is 14.0. The number of carboxylic acid groups (broad SMARTS) is 1. The van der Waals surface area contributed by atoms with Crippen LogP contribution in [0.4, 0.5) is 4.39 Å². The van der Waals surface area contributed by atoms with E-state index in [-0.39, 0.29) is 5.82 Å². The number of benzene rings is 1. The highest BCUT2D eigenvalue weighted by molar-refractivity contribution is 5.87. The van der Waals surface area contributed by atoms with Crippen molar-refractivity contribution in [3.8, 4) is 11.3 Å². The summed E-state index contributed by atoms with van der Waals surface area (Å²) in [4.78, 5) is 10.6. The fourth-order valence-electron chi connectivity index (χ4n) is 1.98. The summed E-state index contributed by atoms with van der Waals surface area (Å²) >= 11 is 0. The highest BCUT2D eigenvalue weighted by atomic mass is 19.1. The number of hydrogen-bond donors (Lipinski definition) is 1. The van der Waals surface area contributed by atoms with Crippen LogP contribution in [-0.2, 0) is 11.8 Å². The van der Waals surface area contributed by atoms with Crippen LogP contribution in [0.5, 0.6) is 0 Å². The zero-order valence-electron chi connectivity index (χ0n) is 10.6. The number of halogens is 1. The molecule has 0 aliphatic carbocycles. The third kappa shape index (κ3) is 2.70. The summed E-state index contributed by atoms with van der Waals surface area (Å²) in [6, 6.07) is 6.01. The van der Waals surface area contributed by atoms with Gasteiger partial charge in [0, 0.05) is 24.3 Å². The summed E-state index contributed by atoms with van der Waals surface area (Å²) in [7, 11) is 1.77. The maximum Gasteiger partial charge on any atom is 0.328 e. The minimum Gasteiger partial charge on any atom is -0.478 e. The molecule has 0 saturated carbocycles. The molecule has 0 radical (unpaired) electrons. The molecule has 0 aliphatic rings. The van der Waals surface area contributed by atoms with E-state index in [9.17, 15) is 9.18 Å². The van der Waals surface area contributed by atoms with Gasteiger partial charge in [0.1, 0.15) is 5.82 Å². The summed E-state index contributed by atoms with van der Waals surface area (Å²) in [6.07, 6.45) is 2.57. The smallest absolute Gasteiger partial charge is 0.328 e. The molecule has 5 heteroatoms. The van der Waals surface area contributed by atoms with Crippen LogP contribution < -0.4 is 0 Å². The summed E-state index contributed by atoms with van der Waals surface area (Å²) in [5, 5.41) is 13.0. The molecule has 0 saturated heterocycles. The van der Waals surface area contributed by atoms with Crippen molar-refractivity contribution >= 4 is 12.0 Å². The minimum atomic E-state index is -1.02. The van der Waals surface area contributed by atoms with Crippen molar-refractivity contribution in [2.75, 3.05) is 0 Å². The first-order valence-electron chi connectivity index (χ1n) is 5.69. The van der Waals surface area contributed by atoms with Crippen molar-refractivity contribution in [2.45, 2.75) is 6.92 Å². The number of hydrogen-bond acceptors (Lipinski definition) is 2. The Bertz CT molecular complexity index is 642. The second-order valence-corrected chi connectivity index (χ2v) is 4.15. The molecule has 19 heavy (non-hydrogen) atoms. The first-order chi connectivity index (χ1) is 8.99. The van der Waals surface area contributed by atoms with E-state index >= 15 is 0 Å². The standard InChI is InChI=1S/C14H13FN2O2/c1-9-12(7-8-13(18)19)14(17(2)16-9)10-3-5-11(15)6-4-10/h3-8H,1-2H3,(H,18,19)/b8-7+. The van der Waals surface area contributed by atoms with Gasteiger partial charge in [-0.3, -0.25) is 4.68 Å². The Kier molecular flexibility index (Phi) is 3.46. The third-order valence-corrected chi connectivity index (χ3v) is 2.78. The lowest BCUT2D eigenvalue weighted by atomic mass is 10.1. The van der Waals surface area contributed by atoms with Gasteiger partial charge in [-0.2, -0.15) is 5.10 Å². The van der Waals surface area contributed by atoms with Gasteiger partial charge >= 0.3 is 5.97 Å². The highest BCUT2D eigenvalue weighted by Gasteiger charge is 2.13. The minimum absolute atomic E-state index is 0.315. The molecule has 2 rings (SSSR count). The van der Waals surface area contributed by atoms with Crippen molar-refractivity contribution < 1.29 is 14.3 Å². The van der Waals surface area contributed by atoms with Gasteiger partial charge in [0.15, 0.2) is 0 Å². The lowest BCUT2D eigenvalue weighted by Crippen LogP contribution is -1.94. The molecule has 1 N–H and O–H groups in total. The van der Waals surface area contributed by atoms with Gasteiger partial charge in [-0.1, -0.05) is 0 Å². The van der Waals surface area contributed by atoms with Crippen molar-refractivity contribution in [3.05, 3.63) is 47.4 Å². The van der Waals surface area contributed by atoms with Crippen LogP contribution in [0, 0.1) is 12.7 Å². The first kappa shape index (κ1) is 13.0. The van der Waals surface area contributed by atoms with E-state index in [0.717, 1.165) is 28.6 Å². The Hall–Kier alpha value is -2.43. The lowest BCUT2D eigenvalue weighted by molar-refractivity contribution is -0.131. The van der Waals surface area contributed by atoms with E-state index in [0.29, 0.717) is 0 Å². The summed E-state index contributed by atoms with van der Waals surface area (Å²) in [5.41, 5.74) is 2.99. The van der Waals surface area contributed by atoms with E-state index in [1.54, 1.807) is 30.8 Å². The second-order valence-electron chi connectivity index (χ2n) is 4.15. The maximum absolute atomic E-state index is 12.9. The molecule has 0 fully saturated rings. The molecule has 0 aliphatic heterocycles. The molecule has 1 heterocycles. The quantitative estimate of drug-likeness (QED) is 0.863. The van der Waals surface area contributed by atoms with E-state index in [1.165, 1.54) is 18.2 Å². The molecule has 4 nitrogen and oxygen atoms in total. The van der Waals surface area contributed by atoms with Crippen LogP contribution in [0.2, 0.25) is 0 Å². The molecular formula is C14H13FN2O2. The van der Waals surface area contributed by atoms with Gasteiger partial charge in [-0.15, -0.1) is 0 Å². The number of carbonyl (C=O) groups is 1. The van der Waals surface area contributed by atoms with Crippen LogP contribution in [0.15, 0.2) is 30.3 Å². The van der Waals surface area contributed by atoms with Crippen LogP contribution in [0.3, 0.4) is 0 Å². The molecule has 0 bridgehead atoms. The number of carboxylic acids is 1. The number of nitrogens with zero attached hydrogens (tertiary/aromatic N) is 2. The Balaban J connectivity index is 2.56. The molecule has 0 atom stereocenters. The Labute approximate surface area is 109 Å². The van der Waals surface area contributed by atoms with Gasteiger partial charge < -0.3 is 5.11 Å². The van der Waals surface area contributed by atoms with Crippen molar-refractivity contribution in [2.24, 2.45) is 7.05 Å². The summed E-state index contributed by atoms with van der Waals surface area (Å²) < 4.78 is 14.6. The fourth-order valence-corrected chi connectivity index (χ4v) is 1.98. The Morgan fingerprint density at radius 1 is 1.37 bits per heavy atom. The number of aromatic nitrogens is 2. The second kappa shape index (κ2) is 5.06. The van der Waals surface area contributed by atoms with Gasteiger partial charge in [-0.25, -0.2) is 9.18 Å². The molecule has 1 aromatic heterocycles. The van der Waals surface area contributed by atoms with Crippen LogP contribution in [0.1, 0.15) is 11.3 Å². The first-order valence-corrected chi connectivity index (χ1v) is 5.69. The average Bonchev–Trinajstić information content (AvgIpc) is 2.62. The van der Waals surface area contributed by atoms with E-state index in [1.807, 2.05) is 0 Å². The van der Waals surface area contributed by atoms with Crippen LogP contribution in [-0.4, -0.2) is 20.9 Å².